The van der Waals surface area contributed by atoms with Gasteiger partial charge in [-0.1, -0.05) is 18.2 Å². The molecule has 5 amide bonds. The van der Waals surface area contributed by atoms with Crippen LogP contribution < -0.4 is 10.6 Å². The zero-order valence-corrected chi connectivity index (χ0v) is 18.1. The highest BCUT2D eigenvalue weighted by molar-refractivity contribution is 6.09. The molecule has 168 valence electrons. The van der Waals surface area contributed by atoms with E-state index in [-0.39, 0.29) is 19.0 Å². The first-order valence-electron chi connectivity index (χ1n) is 10.6. The zero-order valence-electron chi connectivity index (χ0n) is 18.1. The number of benzene rings is 1. The lowest BCUT2D eigenvalue weighted by Crippen LogP contribution is -2.45. The van der Waals surface area contributed by atoms with Gasteiger partial charge in [-0.3, -0.25) is 19.3 Å². The number of hydrogen-bond donors (Lipinski definition) is 2. The molecule has 1 fully saturated rings. The Morgan fingerprint density at radius 1 is 1.22 bits per heavy atom. The molecule has 1 atom stereocenters. The van der Waals surface area contributed by atoms with Crippen LogP contribution in [-0.4, -0.2) is 53.7 Å². The van der Waals surface area contributed by atoms with Gasteiger partial charge in [0.1, 0.15) is 17.8 Å². The van der Waals surface area contributed by atoms with Crippen LogP contribution in [0.5, 0.6) is 0 Å². The fourth-order valence-corrected chi connectivity index (χ4v) is 4.13. The van der Waals surface area contributed by atoms with Gasteiger partial charge in [0.05, 0.1) is 19.4 Å². The van der Waals surface area contributed by atoms with Crippen LogP contribution in [-0.2, 0) is 39.3 Å². The molecule has 9 nitrogen and oxygen atoms in total. The first-order chi connectivity index (χ1) is 15.3. The van der Waals surface area contributed by atoms with Crippen LogP contribution in [0.3, 0.4) is 0 Å². The molecule has 1 saturated heterocycles. The lowest BCUT2D eigenvalue weighted by atomic mass is 9.89. The number of carbonyl (C=O) groups excluding carboxylic acids is 4. The fraction of sp³-hybridized carbons (Fsp3) is 0.391. The highest BCUT2D eigenvalue weighted by Crippen LogP contribution is 2.32. The van der Waals surface area contributed by atoms with Crippen molar-refractivity contribution >= 4 is 23.8 Å². The van der Waals surface area contributed by atoms with E-state index >= 15 is 0 Å². The van der Waals surface area contributed by atoms with Gasteiger partial charge in [-0.15, -0.1) is 0 Å². The summed E-state index contributed by atoms with van der Waals surface area (Å²) >= 11 is 0. The summed E-state index contributed by atoms with van der Waals surface area (Å²) in [5.41, 5.74) is 1.94. The van der Waals surface area contributed by atoms with E-state index in [2.05, 4.69) is 10.6 Å². The fourth-order valence-electron chi connectivity index (χ4n) is 4.13. The molecule has 9 heteroatoms. The van der Waals surface area contributed by atoms with Crippen LogP contribution in [0.1, 0.15) is 35.8 Å². The molecule has 2 heterocycles. The maximum atomic E-state index is 13.1. The van der Waals surface area contributed by atoms with E-state index in [4.69, 9.17) is 4.42 Å². The lowest BCUT2D eigenvalue weighted by Gasteiger charge is -2.24. The SMILES string of the molecule is CN(CC(=O)NCc1ccco1)C(=O)CN1C(=O)N[C@](C)(c2ccc3c(c2)CCC3)C1=O. The number of imide groups is 1. The van der Waals surface area contributed by atoms with Crippen molar-refractivity contribution in [2.75, 3.05) is 20.1 Å². The first kappa shape index (κ1) is 21.6. The Bertz CT molecular complexity index is 1060. The third-order valence-corrected chi connectivity index (χ3v) is 6.09. The molecule has 0 saturated carbocycles. The van der Waals surface area contributed by atoms with E-state index < -0.39 is 29.9 Å². The normalized spacial score (nSPS) is 19.6. The Labute approximate surface area is 185 Å². The molecule has 0 spiro atoms. The second-order valence-electron chi connectivity index (χ2n) is 8.39. The van der Waals surface area contributed by atoms with Crippen molar-refractivity contribution in [1.82, 2.24) is 20.4 Å². The van der Waals surface area contributed by atoms with Gasteiger partial charge in [0.25, 0.3) is 5.91 Å². The number of aryl methyl sites for hydroxylation is 2. The minimum Gasteiger partial charge on any atom is -0.467 e. The van der Waals surface area contributed by atoms with E-state index in [1.807, 2.05) is 18.2 Å². The smallest absolute Gasteiger partial charge is 0.325 e. The van der Waals surface area contributed by atoms with Crippen LogP contribution in [0, 0.1) is 0 Å². The molecular formula is C23H26N4O5. The van der Waals surface area contributed by atoms with Crippen LogP contribution >= 0.6 is 0 Å². The molecule has 0 bridgehead atoms. The third kappa shape index (κ3) is 4.10. The largest absolute Gasteiger partial charge is 0.467 e. The minimum absolute atomic E-state index is 0.203. The lowest BCUT2D eigenvalue weighted by molar-refractivity contribution is -0.139. The van der Waals surface area contributed by atoms with Crippen LogP contribution in [0.15, 0.2) is 41.0 Å². The number of urea groups is 1. The van der Waals surface area contributed by atoms with Crippen molar-refractivity contribution < 1.29 is 23.6 Å². The second kappa shape index (κ2) is 8.49. The standard InChI is InChI=1S/C23H26N4O5/c1-23(17-9-8-15-5-3-6-16(15)11-17)21(30)27(22(31)25-23)14-20(29)26(2)13-19(28)24-12-18-7-4-10-32-18/h4,7-11H,3,5-6,12-14H2,1-2H3,(H,24,28)(H,25,31)/t23-/m1/s1. The summed E-state index contributed by atoms with van der Waals surface area (Å²) < 4.78 is 5.15. The second-order valence-corrected chi connectivity index (χ2v) is 8.39. The monoisotopic (exact) mass is 438 g/mol. The van der Waals surface area contributed by atoms with Gasteiger partial charge in [0.2, 0.25) is 11.8 Å². The van der Waals surface area contributed by atoms with Crippen LogP contribution in [0.25, 0.3) is 0 Å². The molecule has 0 unspecified atom stereocenters. The van der Waals surface area contributed by atoms with Gasteiger partial charge in [0.15, 0.2) is 0 Å². The molecule has 4 rings (SSSR count). The predicted octanol–water partition coefficient (Wildman–Crippen LogP) is 1.31. The molecule has 2 aromatic rings. The molecule has 32 heavy (non-hydrogen) atoms. The van der Waals surface area contributed by atoms with E-state index in [1.54, 1.807) is 19.1 Å². The van der Waals surface area contributed by atoms with E-state index in [0.29, 0.717) is 11.3 Å². The minimum atomic E-state index is -1.23. The summed E-state index contributed by atoms with van der Waals surface area (Å²) in [6.07, 6.45) is 4.56. The summed E-state index contributed by atoms with van der Waals surface area (Å²) in [6.45, 7) is 1.22. The molecule has 1 aliphatic heterocycles. The molecule has 1 aliphatic carbocycles. The first-order valence-corrected chi connectivity index (χ1v) is 10.6. The third-order valence-electron chi connectivity index (χ3n) is 6.09. The maximum absolute atomic E-state index is 13.1. The van der Waals surface area contributed by atoms with Gasteiger partial charge >= 0.3 is 6.03 Å². The number of amides is 5. The molecule has 1 aromatic heterocycles. The Morgan fingerprint density at radius 2 is 2.00 bits per heavy atom. The summed E-state index contributed by atoms with van der Waals surface area (Å²) in [5, 5.41) is 5.39. The van der Waals surface area contributed by atoms with E-state index in [0.717, 1.165) is 24.2 Å². The summed E-state index contributed by atoms with van der Waals surface area (Å²) in [5.74, 6) is -0.778. The molecule has 2 N–H and O–H groups in total. The number of nitrogens with one attached hydrogen (secondary N) is 2. The maximum Gasteiger partial charge on any atom is 0.325 e. The quantitative estimate of drug-likeness (QED) is 0.633. The summed E-state index contributed by atoms with van der Waals surface area (Å²) in [4.78, 5) is 52.5. The number of likely N-dealkylation sites (N-methyl/N-ethyl adjacent to an activating group) is 1. The van der Waals surface area contributed by atoms with Crippen molar-refractivity contribution in [3.63, 3.8) is 0 Å². The van der Waals surface area contributed by atoms with Crippen molar-refractivity contribution in [3.05, 3.63) is 59.0 Å². The highest BCUT2D eigenvalue weighted by atomic mass is 16.3. The van der Waals surface area contributed by atoms with Crippen LogP contribution in [0.4, 0.5) is 4.79 Å². The topological polar surface area (TPSA) is 112 Å². The van der Waals surface area contributed by atoms with Crippen molar-refractivity contribution in [2.45, 2.75) is 38.3 Å². The summed E-state index contributed by atoms with van der Waals surface area (Å²) in [7, 11) is 1.45. The van der Waals surface area contributed by atoms with Gasteiger partial charge in [0, 0.05) is 7.05 Å². The zero-order chi connectivity index (χ0) is 22.9. The van der Waals surface area contributed by atoms with Crippen molar-refractivity contribution in [1.29, 1.82) is 0 Å². The van der Waals surface area contributed by atoms with Gasteiger partial charge in [-0.05, 0) is 55.0 Å². The molecule has 0 radical (unpaired) electrons. The van der Waals surface area contributed by atoms with Gasteiger partial charge < -0.3 is 20.0 Å². The van der Waals surface area contributed by atoms with E-state index in [1.165, 1.54) is 29.3 Å². The Balaban J connectivity index is 1.37. The van der Waals surface area contributed by atoms with Crippen molar-refractivity contribution in [2.24, 2.45) is 0 Å². The van der Waals surface area contributed by atoms with E-state index in [9.17, 15) is 19.2 Å². The van der Waals surface area contributed by atoms with Crippen molar-refractivity contribution in [3.8, 4) is 0 Å². The number of fused-ring (bicyclic) bond motifs is 1. The number of rotatable bonds is 7. The molecule has 1 aromatic carbocycles. The Hall–Kier alpha value is -3.62. The average Bonchev–Trinajstić information content (AvgIpc) is 3.49. The number of furan rings is 1. The molecule has 2 aliphatic rings. The molecular weight excluding hydrogens is 412 g/mol. The Kier molecular flexibility index (Phi) is 5.73. The Morgan fingerprint density at radius 3 is 2.75 bits per heavy atom. The number of nitrogens with zero attached hydrogens (tertiary/aromatic N) is 2. The van der Waals surface area contributed by atoms with Crippen LogP contribution in [0.2, 0.25) is 0 Å². The average molecular weight is 438 g/mol. The van der Waals surface area contributed by atoms with Gasteiger partial charge in [-0.2, -0.15) is 0 Å². The predicted molar refractivity (Wildman–Crippen MR) is 114 cm³/mol. The summed E-state index contributed by atoms with van der Waals surface area (Å²) in [6, 6.07) is 8.66. The van der Waals surface area contributed by atoms with Gasteiger partial charge in [-0.25, -0.2) is 4.79 Å². The number of carbonyl (C=O) groups is 4. The highest BCUT2D eigenvalue weighted by Gasteiger charge is 2.49. The number of hydrogen-bond acceptors (Lipinski definition) is 5.